The van der Waals surface area contributed by atoms with E-state index in [-0.39, 0.29) is 5.78 Å². The lowest BCUT2D eigenvalue weighted by molar-refractivity contribution is 0.0985. The summed E-state index contributed by atoms with van der Waals surface area (Å²) in [6.07, 6.45) is 5.48. The van der Waals surface area contributed by atoms with E-state index in [1.54, 1.807) is 18.6 Å². The monoisotopic (exact) mass is 244 g/mol. The Kier molecular flexibility index (Phi) is 3.88. The van der Waals surface area contributed by atoms with Crippen LogP contribution in [0.5, 0.6) is 0 Å². The van der Waals surface area contributed by atoms with Gasteiger partial charge < -0.3 is 0 Å². The number of carbonyl (C=O) groups excluding carboxylic acids is 1. The quantitative estimate of drug-likeness (QED) is 0.774. The largest absolute Gasteiger partial charge is 0.294 e. The molecular weight excluding hydrogens is 232 g/mol. The molecule has 1 aromatic carbocycles. The van der Waals surface area contributed by atoms with Gasteiger partial charge in [0.1, 0.15) is 5.03 Å². The maximum atomic E-state index is 11.8. The maximum absolute atomic E-state index is 11.8. The molecule has 1 aromatic heterocycles. The zero-order valence-electron chi connectivity index (χ0n) is 9.46. The smallest absolute Gasteiger partial charge is 0.163 e. The first-order chi connectivity index (χ1) is 8.31. The van der Waals surface area contributed by atoms with Crippen LogP contribution in [0.4, 0.5) is 0 Å². The molecule has 86 valence electrons. The Balaban J connectivity index is 2.30. The molecule has 0 amide bonds. The van der Waals surface area contributed by atoms with Crippen molar-refractivity contribution in [2.45, 2.75) is 23.3 Å². The van der Waals surface area contributed by atoms with E-state index in [4.69, 9.17) is 0 Å². The normalized spacial score (nSPS) is 10.2. The van der Waals surface area contributed by atoms with Crippen molar-refractivity contribution in [1.29, 1.82) is 0 Å². The van der Waals surface area contributed by atoms with E-state index in [2.05, 4.69) is 9.97 Å². The van der Waals surface area contributed by atoms with Crippen LogP contribution in [-0.2, 0) is 0 Å². The van der Waals surface area contributed by atoms with Gasteiger partial charge in [0.25, 0.3) is 0 Å². The van der Waals surface area contributed by atoms with Crippen molar-refractivity contribution >= 4 is 17.5 Å². The van der Waals surface area contributed by atoms with Crippen LogP contribution in [0, 0.1) is 0 Å². The summed E-state index contributed by atoms with van der Waals surface area (Å²) in [5, 5.41) is 0.795. The fourth-order valence-electron chi connectivity index (χ4n) is 1.43. The van der Waals surface area contributed by atoms with Crippen LogP contribution in [0.25, 0.3) is 0 Å². The number of aromatic nitrogens is 2. The number of nitrogens with zero attached hydrogens (tertiary/aromatic N) is 2. The number of carbonyl (C=O) groups is 1. The van der Waals surface area contributed by atoms with Gasteiger partial charge in [-0.1, -0.05) is 36.9 Å². The van der Waals surface area contributed by atoms with Gasteiger partial charge in [0.15, 0.2) is 5.78 Å². The molecule has 0 radical (unpaired) electrons. The number of Topliss-reactive ketones (excluding diaryl/α,β-unsaturated/α-hetero) is 1. The maximum Gasteiger partial charge on any atom is 0.163 e. The van der Waals surface area contributed by atoms with Gasteiger partial charge in [0.2, 0.25) is 0 Å². The lowest BCUT2D eigenvalue weighted by Crippen LogP contribution is -1.98. The fraction of sp³-hybridized carbons (Fsp3) is 0.154. The van der Waals surface area contributed by atoms with Gasteiger partial charge in [-0.2, -0.15) is 0 Å². The summed E-state index contributed by atoms with van der Waals surface area (Å²) < 4.78 is 0. The van der Waals surface area contributed by atoms with Crippen molar-refractivity contribution in [1.82, 2.24) is 9.97 Å². The second kappa shape index (κ2) is 5.59. The third-order valence-electron chi connectivity index (χ3n) is 2.26. The molecule has 0 aliphatic heterocycles. The van der Waals surface area contributed by atoms with Gasteiger partial charge in [0, 0.05) is 29.3 Å². The van der Waals surface area contributed by atoms with Crippen LogP contribution in [-0.4, -0.2) is 15.8 Å². The zero-order valence-corrected chi connectivity index (χ0v) is 10.3. The number of rotatable bonds is 4. The molecular formula is C13H12N2OS. The van der Waals surface area contributed by atoms with Gasteiger partial charge in [0.05, 0.1) is 6.20 Å². The molecule has 0 bridgehead atoms. The standard InChI is InChI=1S/C13H12N2OS/c1-2-11(16)10-5-3-4-6-12(10)17-13-9-14-7-8-15-13/h3-9H,2H2,1H3. The van der Waals surface area contributed by atoms with Crippen molar-refractivity contribution < 1.29 is 4.79 Å². The predicted octanol–water partition coefficient (Wildman–Crippen LogP) is 3.22. The zero-order chi connectivity index (χ0) is 12.1. The molecule has 0 atom stereocenters. The second-order valence-electron chi connectivity index (χ2n) is 3.42. The van der Waals surface area contributed by atoms with E-state index in [1.807, 2.05) is 31.2 Å². The molecule has 0 saturated carbocycles. The van der Waals surface area contributed by atoms with Crippen LogP contribution in [0.1, 0.15) is 23.7 Å². The van der Waals surface area contributed by atoms with Crippen LogP contribution in [0.15, 0.2) is 52.8 Å². The van der Waals surface area contributed by atoms with Crippen LogP contribution in [0.2, 0.25) is 0 Å². The summed E-state index contributed by atoms with van der Waals surface area (Å²) in [4.78, 5) is 20.9. The minimum atomic E-state index is 0.150. The highest BCUT2D eigenvalue weighted by molar-refractivity contribution is 7.99. The molecule has 4 heteroatoms. The SMILES string of the molecule is CCC(=O)c1ccccc1Sc1cnccn1. The van der Waals surface area contributed by atoms with E-state index in [1.165, 1.54) is 11.8 Å². The highest BCUT2D eigenvalue weighted by Crippen LogP contribution is 2.28. The predicted molar refractivity (Wildman–Crippen MR) is 67.2 cm³/mol. The molecule has 0 unspecified atom stereocenters. The summed E-state index contributed by atoms with van der Waals surface area (Å²) in [5.74, 6) is 0.150. The van der Waals surface area contributed by atoms with Crippen molar-refractivity contribution in [3.63, 3.8) is 0 Å². The molecule has 0 fully saturated rings. The number of ketones is 1. The summed E-state index contributed by atoms with van der Waals surface area (Å²) in [5.41, 5.74) is 0.755. The lowest BCUT2D eigenvalue weighted by Gasteiger charge is -2.06. The highest BCUT2D eigenvalue weighted by atomic mass is 32.2. The molecule has 2 rings (SSSR count). The van der Waals surface area contributed by atoms with Gasteiger partial charge in [-0.15, -0.1) is 0 Å². The van der Waals surface area contributed by atoms with Crippen molar-refractivity contribution in [2.24, 2.45) is 0 Å². The van der Waals surface area contributed by atoms with E-state index < -0.39 is 0 Å². The Labute approximate surface area is 104 Å². The van der Waals surface area contributed by atoms with Gasteiger partial charge in [-0.05, 0) is 6.07 Å². The molecule has 1 heterocycles. The third-order valence-corrected chi connectivity index (χ3v) is 3.26. The topological polar surface area (TPSA) is 42.9 Å². The first-order valence-corrected chi connectivity index (χ1v) is 6.19. The minimum Gasteiger partial charge on any atom is -0.294 e. The summed E-state index contributed by atoms with van der Waals surface area (Å²) in [6, 6.07) is 7.58. The van der Waals surface area contributed by atoms with Crippen molar-refractivity contribution in [3.8, 4) is 0 Å². The molecule has 0 spiro atoms. The van der Waals surface area contributed by atoms with Crippen LogP contribution in [0.3, 0.4) is 0 Å². The summed E-state index contributed by atoms with van der Waals surface area (Å²) in [7, 11) is 0. The molecule has 0 aliphatic rings. The first-order valence-electron chi connectivity index (χ1n) is 5.37. The molecule has 3 nitrogen and oxygen atoms in total. The highest BCUT2D eigenvalue weighted by Gasteiger charge is 2.10. The second-order valence-corrected chi connectivity index (χ2v) is 4.48. The van der Waals surface area contributed by atoms with Gasteiger partial charge >= 0.3 is 0 Å². The lowest BCUT2D eigenvalue weighted by atomic mass is 10.1. The number of hydrogen-bond acceptors (Lipinski definition) is 4. The summed E-state index contributed by atoms with van der Waals surface area (Å²) in [6.45, 7) is 1.87. The molecule has 2 aromatic rings. The van der Waals surface area contributed by atoms with Crippen molar-refractivity contribution in [2.75, 3.05) is 0 Å². The summed E-state index contributed by atoms with van der Waals surface area (Å²) >= 11 is 1.46. The molecule has 17 heavy (non-hydrogen) atoms. The van der Waals surface area contributed by atoms with Gasteiger partial charge in [-0.3, -0.25) is 9.78 Å². The Morgan fingerprint density at radius 1 is 1.29 bits per heavy atom. The molecule has 0 saturated heterocycles. The number of hydrogen-bond donors (Lipinski definition) is 0. The van der Waals surface area contributed by atoms with E-state index >= 15 is 0 Å². The average Bonchev–Trinajstić information content (AvgIpc) is 2.40. The Morgan fingerprint density at radius 3 is 2.82 bits per heavy atom. The molecule has 0 aliphatic carbocycles. The van der Waals surface area contributed by atoms with Crippen molar-refractivity contribution in [3.05, 3.63) is 48.4 Å². The average molecular weight is 244 g/mol. The Morgan fingerprint density at radius 2 is 2.12 bits per heavy atom. The minimum absolute atomic E-state index is 0.150. The van der Waals surface area contributed by atoms with E-state index in [0.29, 0.717) is 6.42 Å². The first kappa shape index (κ1) is 11.8. The van der Waals surface area contributed by atoms with Gasteiger partial charge in [-0.25, -0.2) is 4.98 Å². The van der Waals surface area contributed by atoms with E-state index in [0.717, 1.165) is 15.5 Å². The number of benzene rings is 1. The third kappa shape index (κ3) is 2.91. The van der Waals surface area contributed by atoms with E-state index in [9.17, 15) is 4.79 Å². The molecule has 0 N–H and O–H groups in total. The Bertz CT molecular complexity index is 514. The Hall–Kier alpha value is -1.68. The van der Waals surface area contributed by atoms with Crippen LogP contribution < -0.4 is 0 Å². The fourth-order valence-corrected chi connectivity index (χ4v) is 2.32. The van der Waals surface area contributed by atoms with Crippen LogP contribution >= 0.6 is 11.8 Å².